The molecule has 2 aromatic rings. The maximum absolute atomic E-state index is 12.0. The van der Waals surface area contributed by atoms with Gasteiger partial charge in [0.15, 0.2) is 17.1 Å². The highest BCUT2D eigenvalue weighted by Gasteiger charge is 2.18. The quantitative estimate of drug-likeness (QED) is 0.854. The summed E-state index contributed by atoms with van der Waals surface area (Å²) in [6.07, 6.45) is 0.431. The Hall–Kier alpha value is -1.56. The van der Waals surface area contributed by atoms with E-state index >= 15 is 0 Å². The van der Waals surface area contributed by atoms with Crippen molar-refractivity contribution >= 4 is 46.5 Å². The number of hydrogen-bond donors (Lipinski definition) is 1. The lowest BCUT2D eigenvalue weighted by Gasteiger charge is -2.15. The van der Waals surface area contributed by atoms with Crippen molar-refractivity contribution in [2.45, 2.75) is 13.0 Å². The molecular weight excluding hydrogens is 337 g/mol. The van der Waals surface area contributed by atoms with Crippen LogP contribution in [0.2, 0.25) is 15.2 Å². The van der Waals surface area contributed by atoms with Crippen LogP contribution in [0.1, 0.15) is 6.92 Å². The maximum atomic E-state index is 12.0. The molecule has 2 rings (SSSR count). The van der Waals surface area contributed by atoms with Gasteiger partial charge >= 0.3 is 0 Å². The number of halogens is 3. The fourth-order valence-electron chi connectivity index (χ4n) is 1.45. The standard InChI is InChI=1S/C13H10Cl3N3O2/c1-7(21-9-4-2-3-8(14)5-9)13(20)19-12-10(15)11(16)17-6-18-12/h2-7H,1H3,(H,17,18,19,20). The first-order valence-electron chi connectivity index (χ1n) is 5.86. The normalized spacial score (nSPS) is 11.8. The third-order valence-electron chi connectivity index (χ3n) is 2.47. The molecule has 1 aromatic carbocycles. The molecule has 0 aliphatic carbocycles. The number of amides is 1. The number of hydrogen-bond acceptors (Lipinski definition) is 4. The molecule has 1 amide bonds. The van der Waals surface area contributed by atoms with Crippen LogP contribution in [0, 0.1) is 0 Å². The summed E-state index contributed by atoms with van der Waals surface area (Å²) < 4.78 is 5.48. The number of benzene rings is 1. The number of ether oxygens (including phenoxy) is 1. The van der Waals surface area contributed by atoms with Gasteiger partial charge < -0.3 is 10.1 Å². The molecule has 5 nitrogen and oxygen atoms in total. The van der Waals surface area contributed by atoms with Crippen molar-refractivity contribution in [3.05, 3.63) is 45.8 Å². The van der Waals surface area contributed by atoms with E-state index in [9.17, 15) is 4.79 Å². The average molecular weight is 347 g/mol. The number of carbonyl (C=O) groups is 1. The molecule has 0 saturated heterocycles. The van der Waals surface area contributed by atoms with Crippen molar-refractivity contribution in [2.75, 3.05) is 5.32 Å². The molecule has 1 N–H and O–H groups in total. The van der Waals surface area contributed by atoms with E-state index in [1.165, 1.54) is 6.33 Å². The lowest BCUT2D eigenvalue weighted by atomic mass is 10.3. The lowest BCUT2D eigenvalue weighted by molar-refractivity contribution is -0.122. The Kier molecular flexibility index (Phi) is 5.22. The SMILES string of the molecule is CC(Oc1cccc(Cl)c1)C(=O)Nc1ncnc(Cl)c1Cl. The summed E-state index contributed by atoms with van der Waals surface area (Å²) in [4.78, 5) is 19.6. The molecule has 110 valence electrons. The molecule has 0 bridgehead atoms. The minimum Gasteiger partial charge on any atom is -0.481 e. The number of anilines is 1. The minimum atomic E-state index is -0.770. The molecule has 0 aliphatic heterocycles. The van der Waals surface area contributed by atoms with E-state index in [4.69, 9.17) is 39.5 Å². The van der Waals surface area contributed by atoms with Gasteiger partial charge in [-0.2, -0.15) is 0 Å². The van der Waals surface area contributed by atoms with E-state index in [0.29, 0.717) is 10.8 Å². The average Bonchev–Trinajstić information content (AvgIpc) is 2.44. The van der Waals surface area contributed by atoms with Crippen LogP contribution >= 0.6 is 34.8 Å². The van der Waals surface area contributed by atoms with Crippen molar-refractivity contribution in [3.8, 4) is 5.75 Å². The summed E-state index contributed by atoms with van der Waals surface area (Å²) in [5.74, 6) is 0.187. The summed E-state index contributed by atoms with van der Waals surface area (Å²) in [7, 11) is 0. The first-order valence-corrected chi connectivity index (χ1v) is 7.00. The number of nitrogens with one attached hydrogen (secondary N) is 1. The second-order valence-electron chi connectivity index (χ2n) is 4.03. The molecule has 21 heavy (non-hydrogen) atoms. The zero-order chi connectivity index (χ0) is 15.4. The van der Waals surface area contributed by atoms with Crippen molar-refractivity contribution in [3.63, 3.8) is 0 Å². The summed E-state index contributed by atoms with van der Waals surface area (Å²) in [5, 5.41) is 3.17. The monoisotopic (exact) mass is 345 g/mol. The van der Waals surface area contributed by atoms with Crippen LogP contribution in [-0.4, -0.2) is 22.0 Å². The van der Waals surface area contributed by atoms with E-state index < -0.39 is 12.0 Å². The molecule has 1 unspecified atom stereocenters. The first kappa shape index (κ1) is 15.8. The molecular formula is C13H10Cl3N3O2. The predicted octanol–water partition coefficient (Wildman–Crippen LogP) is 3.84. The van der Waals surface area contributed by atoms with Crippen molar-refractivity contribution < 1.29 is 9.53 Å². The summed E-state index contributed by atoms with van der Waals surface area (Å²) in [6, 6.07) is 6.75. The van der Waals surface area contributed by atoms with Crippen LogP contribution in [0.4, 0.5) is 5.82 Å². The highest BCUT2D eigenvalue weighted by Crippen LogP contribution is 2.25. The van der Waals surface area contributed by atoms with Gasteiger partial charge in [0.25, 0.3) is 5.91 Å². The molecule has 1 aromatic heterocycles. The highest BCUT2D eigenvalue weighted by atomic mass is 35.5. The van der Waals surface area contributed by atoms with E-state index in [2.05, 4.69) is 15.3 Å². The molecule has 1 heterocycles. The van der Waals surface area contributed by atoms with Gasteiger partial charge in [-0.1, -0.05) is 40.9 Å². The van der Waals surface area contributed by atoms with Gasteiger partial charge in [0.05, 0.1) is 0 Å². The van der Waals surface area contributed by atoms with Gasteiger partial charge in [0.2, 0.25) is 0 Å². The Labute approximate surface area is 136 Å². The number of rotatable bonds is 4. The minimum absolute atomic E-state index is 0.0605. The molecule has 0 spiro atoms. The fraction of sp³-hybridized carbons (Fsp3) is 0.154. The van der Waals surface area contributed by atoms with Gasteiger partial charge in [0.1, 0.15) is 17.1 Å². The number of nitrogens with zero attached hydrogens (tertiary/aromatic N) is 2. The predicted molar refractivity (Wildman–Crippen MR) is 82.2 cm³/mol. The van der Waals surface area contributed by atoms with E-state index in [1.54, 1.807) is 31.2 Å². The molecule has 1 atom stereocenters. The molecule has 0 fully saturated rings. The lowest BCUT2D eigenvalue weighted by Crippen LogP contribution is -2.30. The Balaban J connectivity index is 2.04. The third kappa shape index (κ3) is 4.20. The van der Waals surface area contributed by atoms with Gasteiger partial charge in [0, 0.05) is 5.02 Å². The first-order chi connectivity index (χ1) is 9.97. The van der Waals surface area contributed by atoms with E-state index in [-0.39, 0.29) is 16.0 Å². The van der Waals surface area contributed by atoms with Gasteiger partial charge in [-0.25, -0.2) is 9.97 Å². The van der Waals surface area contributed by atoms with Crippen molar-refractivity contribution in [1.29, 1.82) is 0 Å². The largest absolute Gasteiger partial charge is 0.481 e. The maximum Gasteiger partial charge on any atom is 0.266 e. The number of aromatic nitrogens is 2. The van der Waals surface area contributed by atoms with Crippen molar-refractivity contribution in [1.82, 2.24) is 9.97 Å². The van der Waals surface area contributed by atoms with Crippen LogP contribution in [0.25, 0.3) is 0 Å². The van der Waals surface area contributed by atoms with Crippen LogP contribution in [0.5, 0.6) is 5.75 Å². The summed E-state index contributed by atoms with van der Waals surface area (Å²) in [6.45, 7) is 1.59. The molecule has 0 radical (unpaired) electrons. The van der Waals surface area contributed by atoms with Crippen LogP contribution in [-0.2, 0) is 4.79 Å². The smallest absolute Gasteiger partial charge is 0.266 e. The second-order valence-corrected chi connectivity index (χ2v) is 5.21. The zero-order valence-electron chi connectivity index (χ0n) is 10.8. The van der Waals surface area contributed by atoms with E-state index in [0.717, 1.165) is 0 Å². The van der Waals surface area contributed by atoms with Crippen LogP contribution in [0.3, 0.4) is 0 Å². The van der Waals surface area contributed by atoms with Gasteiger partial charge in [-0.05, 0) is 25.1 Å². The number of carbonyl (C=O) groups excluding carboxylic acids is 1. The molecule has 0 aliphatic rings. The molecule has 8 heteroatoms. The Morgan fingerprint density at radius 2 is 2.05 bits per heavy atom. The Morgan fingerprint density at radius 1 is 1.29 bits per heavy atom. The topological polar surface area (TPSA) is 64.1 Å². The zero-order valence-corrected chi connectivity index (χ0v) is 13.1. The van der Waals surface area contributed by atoms with Crippen LogP contribution < -0.4 is 10.1 Å². The third-order valence-corrected chi connectivity index (χ3v) is 3.44. The summed E-state index contributed by atoms with van der Waals surface area (Å²) >= 11 is 17.5. The van der Waals surface area contributed by atoms with E-state index in [1.807, 2.05) is 0 Å². The Bertz CT molecular complexity index is 667. The van der Waals surface area contributed by atoms with Gasteiger partial charge in [-0.15, -0.1) is 0 Å². The highest BCUT2D eigenvalue weighted by molar-refractivity contribution is 6.42. The molecule has 0 saturated carbocycles. The van der Waals surface area contributed by atoms with Crippen molar-refractivity contribution in [2.24, 2.45) is 0 Å². The Morgan fingerprint density at radius 3 is 2.76 bits per heavy atom. The van der Waals surface area contributed by atoms with Gasteiger partial charge in [-0.3, -0.25) is 4.79 Å². The fourth-order valence-corrected chi connectivity index (χ4v) is 1.91. The van der Waals surface area contributed by atoms with Crippen LogP contribution in [0.15, 0.2) is 30.6 Å². The second kappa shape index (κ2) is 6.93. The summed E-state index contributed by atoms with van der Waals surface area (Å²) in [5.41, 5.74) is 0.